The summed E-state index contributed by atoms with van der Waals surface area (Å²) < 4.78 is 24.2. The highest BCUT2D eigenvalue weighted by Crippen LogP contribution is 2.26. The number of halogens is 1. The van der Waals surface area contributed by atoms with Gasteiger partial charge in [0.2, 0.25) is 0 Å². The van der Waals surface area contributed by atoms with Gasteiger partial charge in [0.05, 0.1) is 19.6 Å². The fourth-order valence-corrected chi connectivity index (χ4v) is 2.11. The molecule has 0 aliphatic rings. The van der Waals surface area contributed by atoms with Crippen molar-refractivity contribution in [3.05, 3.63) is 53.3 Å². The molecular weight excluding hydrogens is 298 g/mol. The molecule has 0 spiro atoms. The highest BCUT2D eigenvalue weighted by Gasteiger charge is 2.10. The summed E-state index contributed by atoms with van der Waals surface area (Å²) in [5.41, 5.74) is 1.42. The molecule has 0 amide bonds. The molecule has 0 atom stereocenters. The maximum Gasteiger partial charge on any atom is 0.310 e. The number of aliphatic hydroxyl groups excluding tert-OH is 1. The average molecular weight is 314 g/mol. The predicted octanol–water partition coefficient (Wildman–Crippen LogP) is 2.01. The number of carbonyl (C=O) groups is 1. The molecule has 0 heterocycles. The van der Waals surface area contributed by atoms with E-state index >= 15 is 0 Å². The van der Waals surface area contributed by atoms with Crippen LogP contribution in [0.2, 0.25) is 0 Å². The Bertz CT molecular complexity index is 703. The molecule has 2 rings (SSSR count). The van der Waals surface area contributed by atoms with E-state index in [0.29, 0.717) is 22.3 Å². The summed E-state index contributed by atoms with van der Waals surface area (Å²) in [4.78, 5) is 11.5. The van der Waals surface area contributed by atoms with Crippen molar-refractivity contribution < 1.29 is 23.8 Å². The molecular formula is C17H16BFO4. The van der Waals surface area contributed by atoms with Gasteiger partial charge in [-0.3, -0.25) is 4.79 Å². The Morgan fingerprint density at radius 3 is 2.74 bits per heavy atom. The van der Waals surface area contributed by atoms with Gasteiger partial charge in [-0.1, -0.05) is 17.6 Å². The smallest absolute Gasteiger partial charge is 0.310 e. The van der Waals surface area contributed by atoms with Crippen molar-refractivity contribution in [2.45, 2.75) is 20.0 Å². The maximum atomic E-state index is 13.7. The van der Waals surface area contributed by atoms with E-state index in [2.05, 4.69) is 0 Å². The van der Waals surface area contributed by atoms with E-state index in [-0.39, 0.29) is 25.4 Å². The summed E-state index contributed by atoms with van der Waals surface area (Å²) in [5.74, 6) is -0.367. The van der Waals surface area contributed by atoms with Crippen molar-refractivity contribution in [1.29, 1.82) is 0 Å². The molecule has 2 aromatic rings. The highest BCUT2D eigenvalue weighted by atomic mass is 19.1. The van der Waals surface area contributed by atoms with E-state index in [1.807, 2.05) is 0 Å². The number of aliphatic hydroxyl groups is 1. The summed E-state index contributed by atoms with van der Waals surface area (Å²) in [7, 11) is 5.65. The molecule has 6 heteroatoms. The van der Waals surface area contributed by atoms with Gasteiger partial charge in [0.15, 0.2) is 0 Å². The number of rotatable bonds is 6. The fraction of sp³-hybridized carbons (Fsp3) is 0.235. The molecule has 2 radical (unpaired) electrons. The van der Waals surface area contributed by atoms with Crippen LogP contribution < -0.4 is 10.2 Å². The first-order chi connectivity index (χ1) is 11.0. The summed E-state index contributed by atoms with van der Waals surface area (Å²) in [6.07, 6.45) is -0.0451. The zero-order valence-corrected chi connectivity index (χ0v) is 12.7. The van der Waals surface area contributed by atoms with E-state index < -0.39 is 11.8 Å². The van der Waals surface area contributed by atoms with Crippen molar-refractivity contribution in [2.24, 2.45) is 0 Å². The minimum Gasteiger partial charge on any atom is -0.466 e. The Hall–Kier alpha value is -2.34. The van der Waals surface area contributed by atoms with Gasteiger partial charge in [0.1, 0.15) is 25.2 Å². The van der Waals surface area contributed by atoms with E-state index in [1.54, 1.807) is 31.2 Å². The quantitative estimate of drug-likeness (QED) is 0.655. The predicted molar refractivity (Wildman–Crippen MR) is 84.6 cm³/mol. The molecule has 0 aliphatic carbocycles. The number of hydrogen-bond acceptors (Lipinski definition) is 4. The van der Waals surface area contributed by atoms with Gasteiger partial charge in [-0.2, -0.15) is 0 Å². The standard InChI is InChI=1S/C17H16BFO4/c1-2-22-17(21)7-11-5-14(19)9-15(6-11)23-16-4-3-13(18)8-12(16)10-20/h3-6,8-9,20H,2,7,10H2,1H3. The van der Waals surface area contributed by atoms with E-state index in [4.69, 9.17) is 17.3 Å². The van der Waals surface area contributed by atoms with Crippen LogP contribution in [0.15, 0.2) is 36.4 Å². The van der Waals surface area contributed by atoms with E-state index in [1.165, 1.54) is 12.1 Å². The van der Waals surface area contributed by atoms with Crippen molar-refractivity contribution >= 4 is 19.3 Å². The lowest BCUT2D eigenvalue weighted by Gasteiger charge is -2.12. The first kappa shape index (κ1) is 17.0. The largest absolute Gasteiger partial charge is 0.466 e. The molecule has 0 aromatic heterocycles. The SMILES string of the molecule is [B]c1ccc(Oc2cc(F)cc(CC(=O)OCC)c2)c(CO)c1. The Morgan fingerprint density at radius 2 is 2.04 bits per heavy atom. The van der Waals surface area contributed by atoms with Crippen molar-refractivity contribution in [1.82, 2.24) is 0 Å². The van der Waals surface area contributed by atoms with Crippen molar-refractivity contribution in [2.75, 3.05) is 6.61 Å². The monoisotopic (exact) mass is 314 g/mol. The Balaban J connectivity index is 2.23. The van der Waals surface area contributed by atoms with Gasteiger partial charge in [0, 0.05) is 11.6 Å². The lowest BCUT2D eigenvalue weighted by atomic mass is 9.94. The minimum absolute atomic E-state index is 0.0451. The topological polar surface area (TPSA) is 55.8 Å². The summed E-state index contributed by atoms with van der Waals surface area (Å²) in [6, 6.07) is 8.79. The number of esters is 1. The third kappa shape index (κ3) is 4.82. The van der Waals surface area contributed by atoms with Crippen LogP contribution in [0.4, 0.5) is 4.39 Å². The zero-order valence-electron chi connectivity index (χ0n) is 12.7. The molecule has 0 fully saturated rings. The van der Waals surface area contributed by atoms with Gasteiger partial charge in [0.25, 0.3) is 0 Å². The highest BCUT2D eigenvalue weighted by molar-refractivity contribution is 6.32. The molecule has 4 nitrogen and oxygen atoms in total. The summed E-state index contributed by atoms with van der Waals surface area (Å²) >= 11 is 0. The second-order valence-electron chi connectivity index (χ2n) is 4.90. The lowest BCUT2D eigenvalue weighted by molar-refractivity contribution is -0.142. The van der Waals surface area contributed by atoms with Gasteiger partial charge in [-0.25, -0.2) is 4.39 Å². The number of benzene rings is 2. The molecule has 118 valence electrons. The fourth-order valence-electron chi connectivity index (χ4n) is 2.11. The number of carbonyl (C=O) groups excluding carboxylic acids is 1. The summed E-state index contributed by atoms with van der Waals surface area (Å²) in [6.45, 7) is 1.71. The molecule has 0 aliphatic heterocycles. The number of ether oxygens (including phenoxy) is 2. The Morgan fingerprint density at radius 1 is 1.26 bits per heavy atom. The van der Waals surface area contributed by atoms with Crippen molar-refractivity contribution in [3.63, 3.8) is 0 Å². The number of hydrogen-bond donors (Lipinski definition) is 1. The molecule has 2 aromatic carbocycles. The normalized spacial score (nSPS) is 10.4. The first-order valence-electron chi connectivity index (χ1n) is 7.14. The van der Waals surface area contributed by atoms with Crippen LogP contribution in [0.1, 0.15) is 18.1 Å². The van der Waals surface area contributed by atoms with E-state index in [9.17, 15) is 14.3 Å². The van der Waals surface area contributed by atoms with Gasteiger partial charge in [-0.05, 0) is 30.7 Å². The molecule has 23 heavy (non-hydrogen) atoms. The third-order valence-corrected chi connectivity index (χ3v) is 3.07. The van der Waals surface area contributed by atoms with Crippen LogP contribution in [0, 0.1) is 5.82 Å². The van der Waals surface area contributed by atoms with Crippen LogP contribution in [0.25, 0.3) is 0 Å². The van der Waals surface area contributed by atoms with Gasteiger partial charge < -0.3 is 14.6 Å². The third-order valence-electron chi connectivity index (χ3n) is 3.07. The maximum absolute atomic E-state index is 13.7. The molecule has 0 saturated carbocycles. The van der Waals surface area contributed by atoms with Crippen LogP contribution in [-0.2, 0) is 22.6 Å². The second-order valence-corrected chi connectivity index (χ2v) is 4.90. The average Bonchev–Trinajstić information content (AvgIpc) is 2.48. The Labute approximate surface area is 135 Å². The van der Waals surface area contributed by atoms with Crippen LogP contribution in [0.5, 0.6) is 11.5 Å². The van der Waals surface area contributed by atoms with Crippen LogP contribution in [-0.4, -0.2) is 25.5 Å². The lowest BCUT2D eigenvalue weighted by Crippen LogP contribution is -2.08. The Kier molecular flexibility index (Phi) is 5.76. The van der Waals surface area contributed by atoms with Gasteiger partial charge in [-0.15, -0.1) is 0 Å². The van der Waals surface area contributed by atoms with Crippen LogP contribution in [0.3, 0.4) is 0 Å². The minimum atomic E-state index is -0.525. The molecule has 0 saturated heterocycles. The van der Waals surface area contributed by atoms with Crippen LogP contribution >= 0.6 is 0 Å². The van der Waals surface area contributed by atoms with Crippen molar-refractivity contribution in [3.8, 4) is 11.5 Å². The first-order valence-corrected chi connectivity index (χ1v) is 7.14. The molecule has 1 N–H and O–H groups in total. The van der Waals surface area contributed by atoms with E-state index in [0.717, 1.165) is 0 Å². The second kappa shape index (κ2) is 7.79. The zero-order chi connectivity index (χ0) is 16.8. The van der Waals surface area contributed by atoms with Gasteiger partial charge >= 0.3 is 5.97 Å². The molecule has 0 bridgehead atoms. The summed E-state index contributed by atoms with van der Waals surface area (Å²) in [5, 5.41) is 9.34. The molecule has 0 unspecified atom stereocenters.